The molecule has 54 valence electrons. The van der Waals surface area contributed by atoms with Gasteiger partial charge in [0.05, 0.1) is 5.02 Å². The van der Waals surface area contributed by atoms with E-state index >= 15 is 0 Å². The van der Waals surface area contributed by atoms with Crippen LogP contribution in [0, 0.1) is 0 Å². The van der Waals surface area contributed by atoms with Gasteiger partial charge in [0, 0.05) is 13.2 Å². The van der Waals surface area contributed by atoms with E-state index in [0.717, 1.165) is 0 Å². The molecular weight excluding hydrogens is 152 g/mol. The number of hydrogen-bond acceptors (Lipinski definition) is 2. The van der Waals surface area contributed by atoms with Crippen LogP contribution in [0.15, 0.2) is 17.1 Å². The molecule has 0 bridgehead atoms. The van der Waals surface area contributed by atoms with Crippen molar-refractivity contribution in [3.63, 3.8) is 0 Å². The zero-order valence-corrected chi connectivity index (χ0v) is 6.20. The highest BCUT2D eigenvalue weighted by atomic mass is 35.5. The molecule has 1 aromatic rings. The number of anilines is 1. The largest absolute Gasteiger partial charge is 0.384 e. The van der Waals surface area contributed by atoms with Crippen molar-refractivity contribution in [2.75, 3.05) is 12.4 Å². The van der Waals surface area contributed by atoms with Crippen LogP contribution in [-0.2, 0) is 0 Å². The van der Waals surface area contributed by atoms with Crippen molar-refractivity contribution < 1.29 is 0 Å². The number of aromatic nitrogens is 1. The number of H-pyrrole nitrogens is 1. The minimum absolute atomic E-state index is 0.160. The summed E-state index contributed by atoms with van der Waals surface area (Å²) in [5, 5.41) is 3.23. The lowest BCUT2D eigenvalue weighted by molar-refractivity contribution is 1.23. The van der Waals surface area contributed by atoms with E-state index in [-0.39, 0.29) is 5.56 Å². The molecule has 0 aliphatic carbocycles. The van der Waals surface area contributed by atoms with Crippen molar-refractivity contribution in [2.24, 2.45) is 0 Å². The van der Waals surface area contributed by atoms with E-state index in [1.165, 1.54) is 6.20 Å². The van der Waals surface area contributed by atoms with Crippen molar-refractivity contribution in [3.05, 3.63) is 27.6 Å². The smallest absolute Gasteiger partial charge is 0.271 e. The van der Waals surface area contributed by atoms with Crippen LogP contribution < -0.4 is 10.9 Å². The molecule has 4 heteroatoms. The van der Waals surface area contributed by atoms with Gasteiger partial charge >= 0.3 is 0 Å². The maximum absolute atomic E-state index is 10.8. The molecule has 2 N–H and O–H groups in total. The molecule has 1 aromatic heterocycles. The Morgan fingerprint density at radius 1 is 1.70 bits per heavy atom. The molecule has 0 unspecified atom stereocenters. The molecule has 10 heavy (non-hydrogen) atoms. The minimum atomic E-state index is -0.160. The van der Waals surface area contributed by atoms with Gasteiger partial charge in [-0.2, -0.15) is 0 Å². The molecule has 1 heterocycles. The molecule has 0 aliphatic heterocycles. The van der Waals surface area contributed by atoms with E-state index < -0.39 is 0 Å². The fourth-order valence-corrected chi connectivity index (χ4v) is 0.807. The Morgan fingerprint density at radius 3 is 2.90 bits per heavy atom. The molecule has 1 rings (SSSR count). The van der Waals surface area contributed by atoms with Gasteiger partial charge in [0.15, 0.2) is 0 Å². The Balaban J connectivity index is 3.22. The van der Waals surface area contributed by atoms with Crippen LogP contribution in [0.4, 0.5) is 5.69 Å². The molecule has 0 atom stereocenters. The van der Waals surface area contributed by atoms with Crippen LogP contribution in [0.3, 0.4) is 0 Å². The van der Waals surface area contributed by atoms with E-state index in [9.17, 15) is 4.79 Å². The van der Waals surface area contributed by atoms with Crippen LogP contribution in [0.25, 0.3) is 0 Å². The van der Waals surface area contributed by atoms with E-state index in [0.29, 0.717) is 10.7 Å². The fourth-order valence-electron chi connectivity index (χ4n) is 0.643. The summed E-state index contributed by atoms with van der Waals surface area (Å²) >= 11 is 5.59. The maximum Gasteiger partial charge on any atom is 0.271 e. The summed E-state index contributed by atoms with van der Waals surface area (Å²) in [5.74, 6) is 0. The van der Waals surface area contributed by atoms with Crippen LogP contribution in [0.1, 0.15) is 0 Å². The van der Waals surface area contributed by atoms with Gasteiger partial charge in [-0.15, -0.1) is 0 Å². The molecule has 0 radical (unpaired) electrons. The van der Waals surface area contributed by atoms with E-state index in [2.05, 4.69) is 10.3 Å². The summed E-state index contributed by atoms with van der Waals surface area (Å²) in [6, 6.07) is 1.57. The normalized spacial score (nSPS) is 9.40. The number of hydrogen-bond donors (Lipinski definition) is 2. The van der Waals surface area contributed by atoms with Crippen LogP contribution in [-0.4, -0.2) is 12.0 Å². The minimum Gasteiger partial charge on any atom is -0.384 e. The Bertz CT molecular complexity index is 281. The lowest BCUT2D eigenvalue weighted by atomic mass is 10.4. The first-order valence-electron chi connectivity index (χ1n) is 2.80. The summed E-state index contributed by atoms with van der Waals surface area (Å²) in [6.45, 7) is 0. The van der Waals surface area contributed by atoms with Gasteiger partial charge in [0.1, 0.15) is 5.69 Å². The molecule has 0 aromatic carbocycles. The van der Waals surface area contributed by atoms with Gasteiger partial charge in [-0.3, -0.25) is 4.79 Å². The first-order chi connectivity index (χ1) is 4.74. The standard InChI is InChI=1S/C6H7ClN2O/c1-8-5-2-4(7)3-9-6(5)10/h2-3,8H,1H3,(H,9,10). The number of aromatic amines is 1. The van der Waals surface area contributed by atoms with Crippen molar-refractivity contribution in [1.82, 2.24) is 4.98 Å². The summed E-state index contributed by atoms with van der Waals surface area (Å²) < 4.78 is 0. The predicted octanol–water partition coefficient (Wildman–Crippen LogP) is 1.07. The first-order valence-corrected chi connectivity index (χ1v) is 3.18. The van der Waals surface area contributed by atoms with Crippen LogP contribution in [0.2, 0.25) is 5.02 Å². The average Bonchev–Trinajstić information content (AvgIpc) is 1.94. The molecule has 3 nitrogen and oxygen atoms in total. The highest BCUT2D eigenvalue weighted by Gasteiger charge is 1.94. The van der Waals surface area contributed by atoms with Gasteiger partial charge in [-0.25, -0.2) is 0 Å². The number of halogens is 1. The SMILES string of the molecule is CNc1cc(Cl)c[nH]c1=O. The van der Waals surface area contributed by atoms with Gasteiger partial charge in [0.2, 0.25) is 0 Å². The van der Waals surface area contributed by atoms with E-state index in [1.54, 1.807) is 13.1 Å². The van der Waals surface area contributed by atoms with Crippen molar-refractivity contribution in [3.8, 4) is 0 Å². The topological polar surface area (TPSA) is 44.9 Å². The van der Waals surface area contributed by atoms with Crippen LogP contribution in [0.5, 0.6) is 0 Å². The van der Waals surface area contributed by atoms with Crippen molar-refractivity contribution in [2.45, 2.75) is 0 Å². The molecule has 0 fully saturated rings. The quantitative estimate of drug-likeness (QED) is 0.642. The molecular formula is C6H7ClN2O. The van der Waals surface area contributed by atoms with E-state index in [1.807, 2.05) is 0 Å². The second kappa shape index (κ2) is 2.75. The fraction of sp³-hybridized carbons (Fsp3) is 0.167. The van der Waals surface area contributed by atoms with Gasteiger partial charge in [0.25, 0.3) is 5.56 Å². The Kier molecular flexibility index (Phi) is 1.97. The monoisotopic (exact) mass is 158 g/mol. The molecule has 0 saturated heterocycles. The highest BCUT2D eigenvalue weighted by molar-refractivity contribution is 6.30. The second-order valence-corrected chi connectivity index (χ2v) is 2.25. The molecule has 0 saturated carbocycles. The third kappa shape index (κ3) is 1.30. The lowest BCUT2D eigenvalue weighted by Gasteiger charge is -1.96. The maximum atomic E-state index is 10.8. The average molecular weight is 159 g/mol. The first kappa shape index (κ1) is 7.15. The molecule has 0 spiro atoms. The van der Waals surface area contributed by atoms with E-state index in [4.69, 9.17) is 11.6 Å². The third-order valence-corrected chi connectivity index (χ3v) is 1.36. The Labute approximate surface area is 63.0 Å². The molecule has 0 amide bonds. The second-order valence-electron chi connectivity index (χ2n) is 1.81. The lowest BCUT2D eigenvalue weighted by Crippen LogP contribution is -2.09. The molecule has 0 aliphatic rings. The highest BCUT2D eigenvalue weighted by Crippen LogP contribution is 2.07. The summed E-state index contributed by atoms with van der Waals surface area (Å²) in [6.07, 6.45) is 1.45. The van der Waals surface area contributed by atoms with Gasteiger partial charge in [-0.05, 0) is 6.07 Å². The Hall–Kier alpha value is -0.960. The van der Waals surface area contributed by atoms with Gasteiger partial charge in [-0.1, -0.05) is 11.6 Å². The van der Waals surface area contributed by atoms with Crippen molar-refractivity contribution in [1.29, 1.82) is 0 Å². The summed E-state index contributed by atoms with van der Waals surface area (Å²) in [5.41, 5.74) is 0.319. The summed E-state index contributed by atoms with van der Waals surface area (Å²) in [4.78, 5) is 13.3. The Morgan fingerprint density at radius 2 is 2.40 bits per heavy atom. The van der Waals surface area contributed by atoms with Crippen molar-refractivity contribution >= 4 is 17.3 Å². The zero-order chi connectivity index (χ0) is 7.56. The number of rotatable bonds is 1. The zero-order valence-electron chi connectivity index (χ0n) is 5.44. The predicted molar refractivity (Wildman–Crippen MR) is 41.6 cm³/mol. The number of pyridine rings is 1. The van der Waals surface area contributed by atoms with Crippen LogP contribution >= 0.6 is 11.6 Å². The number of nitrogens with one attached hydrogen (secondary N) is 2. The van der Waals surface area contributed by atoms with Gasteiger partial charge < -0.3 is 10.3 Å². The summed E-state index contributed by atoms with van der Waals surface area (Å²) in [7, 11) is 1.67. The third-order valence-electron chi connectivity index (χ3n) is 1.14.